The Hall–Kier alpha value is -3.46. The van der Waals surface area contributed by atoms with Gasteiger partial charge in [0.2, 0.25) is 0 Å². The number of benzene rings is 3. The average molecular weight is 455 g/mol. The number of nitriles is 1. The molecule has 0 amide bonds. The molecule has 2 heterocycles. The van der Waals surface area contributed by atoms with E-state index in [2.05, 4.69) is 59.7 Å². The summed E-state index contributed by atoms with van der Waals surface area (Å²) in [5, 5.41) is 10.8. The number of rotatable bonds is 1. The summed E-state index contributed by atoms with van der Waals surface area (Å²) in [5.74, 6) is 0. The number of hydrogen-bond donors (Lipinski definition) is 0. The molecular formula is C28H28BF2N3. The lowest BCUT2D eigenvalue weighted by Crippen LogP contribution is -2.47. The zero-order chi connectivity index (χ0) is 24.6. The quantitative estimate of drug-likeness (QED) is 0.278. The lowest BCUT2D eigenvalue weighted by atomic mass is 9.83. The summed E-state index contributed by atoms with van der Waals surface area (Å²) in [6, 6.07) is 18.4. The second kappa shape index (κ2) is 7.02. The van der Waals surface area contributed by atoms with Crippen molar-refractivity contribution >= 4 is 40.7 Å². The first kappa shape index (κ1) is 22.3. The number of halogens is 2. The third-order valence-corrected chi connectivity index (χ3v) is 6.88. The van der Waals surface area contributed by atoms with Crippen LogP contribution in [0.3, 0.4) is 0 Å². The van der Waals surface area contributed by atoms with Crippen LogP contribution in [0.4, 0.5) is 14.3 Å². The fourth-order valence-electron chi connectivity index (χ4n) is 4.86. The van der Waals surface area contributed by atoms with E-state index in [1.807, 2.05) is 18.2 Å². The molecule has 0 bridgehead atoms. The Morgan fingerprint density at radius 3 is 2.03 bits per heavy atom. The van der Waals surface area contributed by atoms with Gasteiger partial charge in [-0.1, -0.05) is 47.6 Å². The van der Waals surface area contributed by atoms with E-state index in [1.165, 1.54) is 4.48 Å². The van der Waals surface area contributed by atoms with Gasteiger partial charge in [0.15, 0.2) is 5.69 Å². The first-order valence-corrected chi connectivity index (χ1v) is 11.6. The van der Waals surface area contributed by atoms with Crippen LogP contribution in [-0.2, 0) is 10.8 Å². The molecule has 0 N–H and O–H groups in total. The van der Waals surface area contributed by atoms with Crippen molar-refractivity contribution in [3.63, 3.8) is 0 Å². The Balaban J connectivity index is 1.89. The van der Waals surface area contributed by atoms with Gasteiger partial charge < -0.3 is 17.6 Å². The summed E-state index contributed by atoms with van der Waals surface area (Å²) in [4.78, 5) is 0. The van der Waals surface area contributed by atoms with Gasteiger partial charge in [0.05, 0.1) is 17.2 Å². The van der Waals surface area contributed by atoms with E-state index >= 15 is 8.63 Å². The molecule has 1 aliphatic heterocycles. The molecule has 0 fully saturated rings. The van der Waals surface area contributed by atoms with Crippen LogP contribution in [0, 0.1) is 11.3 Å². The van der Waals surface area contributed by atoms with Crippen LogP contribution in [0.15, 0.2) is 54.6 Å². The van der Waals surface area contributed by atoms with Crippen molar-refractivity contribution in [2.45, 2.75) is 52.4 Å². The van der Waals surface area contributed by atoms with Gasteiger partial charge in [-0.25, -0.2) is 0 Å². The maximum atomic E-state index is 16.3. The van der Waals surface area contributed by atoms with E-state index in [0.29, 0.717) is 22.3 Å². The Morgan fingerprint density at radius 1 is 0.824 bits per heavy atom. The molecular weight excluding hydrogens is 427 g/mol. The summed E-state index contributed by atoms with van der Waals surface area (Å²) in [7, 11) is 0. The third-order valence-electron chi connectivity index (χ3n) is 6.88. The number of fused-ring (bicyclic) bond motifs is 3. The minimum absolute atomic E-state index is 0.0957. The molecule has 34 heavy (non-hydrogen) atoms. The molecule has 5 rings (SSSR count). The molecule has 3 nitrogen and oxygen atoms in total. The minimum Gasteiger partial charge on any atom is -0.389 e. The minimum atomic E-state index is -4.15. The highest BCUT2D eigenvalue weighted by molar-refractivity contribution is 6.60. The molecule has 0 saturated heterocycles. The first-order valence-electron chi connectivity index (χ1n) is 11.6. The van der Waals surface area contributed by atoms with Crippen LogP contribution in [0.1, 0.15) is 63.8 Å². The van der Waals surface area contributed by atoms with E-state index < -0.39 is 6.97 Å². The molecule has 0 radical (unpaired) electrons. The topological polar surface area (TPSA) is 31.7 Å². The highest BCUT2D eigenvalue weighted by Crippen LogP contribution is 2.42. The van der Waals surface area contributed by atoms with E-state index in [9.17, 15) is 0 Å². The molecule has 0 unspecified atom stereocenters. The van der Waals surface area contributed by atoms with Crippen molar-refractivity contribution < 1.29 is 13.1 Å². The largest absolute Gasteiger partial charge is 0.737 e. The Bertz CT molecular complexity index is 1540. The van der Waals surface area contributed by atoms with Crippen LogP contribution in [-0.4, -0.2) is 22.1 Å². The van der Waals surface area contributed by atoms with Crippen LogP contribution in [0.2, 0.25) is 0 Å². The maximum absolute atomic E-state index is 16.3. The standard InChI is InChI=1S/C28H28BF2N3/c1-27(2,3)20-9-12-25-23(14-20)24-15-21(28(4,5)6)13-19-17-33(29(30,31)34(25)26(19)24)22-10-7-18(16-32)8-11-22/h7-15,17H,1-6H3. The fourth-order valence-corrected chi connectivity index (χ4v) is 4.86. The highest BCUT2D eigenvalue weighted by atomic mass is 19.2. The Morgan fingerprint density at radius 2 is 1.44 bits per heavy atom. The van der Waals surface area contributed by atoms with Crippen LogP contribution in [0.5, 0.6) is 0 Å². The van der Waals surface area contributed by atoms with Crippen LogP contribution in [0.25, 0.3) is 21.8 Å². The van der Waals surface area contributed by atoms with Crippen LogP contribution >= 0.6 is 0 Å². The summed E-state index contributed by atoms with van der Waals surface area (Å²) in [6.45, 7) is 8.67. The smallest absolute Gasteiger partial charge is 0.389 e. The van der Waals surface area contributed by atoms with Crippen LogP contribution < -0.4 is 0 Å². The zero-order valence-corrected chi connectivity index (χ0v) is 20.4. The molecule has 1 aromatic heterocycles. The lowest BCUT2D eigenvalue weighted by molar-refractivity contribution is -0.325. The van der Waals surface area contributed by atoms with E-state index in [-0.39, 0.29) is 10.8 Å². The summed E-state index contributed by atoms with van der Waals surface area (Å²) in [6.07, 6.45) is 1.57. The van der Waals surface area contributed by atoms with E-state index in [1.54, 1.807) is 30.5 Å². The summed E-state index contributed by atoms with van der Waals surface area (Å²) < 4.78 is 34.9. The molecule has 3 aromatic carbocycles. The van der Waals surface area contributed by atoms with Crippen molar-refractivity contribution in [2.75, 3.05) is 0 Å². The molecule has 6 heteroatoms. The SMILES string of the molecule is CC(C)(C)c1ccc2c(c1)c1cc(C(C)(C)C)cc3c1n2[B-](F)(F)[N+](c1ccc(C#N)cc1)=C3. The van der Waals surface area contributed by atoms with Gasteiger partial charge >= 0.3 is 6.97 Å². The maximum Gasteiger partial charge on any atom is 0.737 e. The highest BCUT2D eigenvalue weighted by Gasteiger charge is 2.49. The Labute approximate surface area is 199 Å². The Kier molecular flexibility index (Phi) is 4.62. The van der Waals surface area contributed by atoms with Gasteiger partial charge in [0, 0.05) is 33.9 Å². The fraction of sp³-hybridized carbons (Fsp3) is 0.286. The summed E-state index contributed by atoms with van der Waals surface area (Å²) in [5.41, 5.74) is 4.66. The normalized spacial score (nSPS) is 15.4. The van der Waals surface area contributed by atoms with E-state index in [4.69, 9.17) is 5.26 Å². The van der Waals surface area contributed by atoms with Gasteiger partial charge in [0.25, 0.3) is 0 Å². The van der Waals surface area contributed by atoms with Crippen molar-refractivity contribution in [3.8, 4) is 6.07 Å². The van der Waals surface area contributed by atoms with Crippen molar-refractivity contribution in [1.82, 2.24) is 4.48 Å². The molecule has 1 aliphatic rings. The zero-order valence-electron chi connectivity index (χ0n) is 20.4. The van der Waals surface area contributed by atoms with Crippen molar-refractivity contribution in [3.05, 3.63) is 76.9 Å². The molecule has 0 saturated carbocycles. The van der Waals surface area contributed by atoms with Gasteiger partial charge in [-0.2, -0.15) is 5.26 Å². The predicted octanol–water partition coefficient (Wildman–Crippen LogP) is 7.26. The number of aromatic nitrogens is 1. The second-order valence-electron chi connectivity index (χ2n) is 11.3. The molecule has 0 atom stereocenters. The number of nitrogens with zero attached hydrogens (tertiary/aromatic N) is 3. The first-order chi connectivity index (χ1) is 15.8. The van der Waals surface area contributed by atoms with Gasteiger partial charge in [-0.15, -0.1) is 0 Å². The second-order valence-corrected chi connectivity index (χ2v) is 11.3. The number of hydrogen-bond acceptors (Lipinski definition) is 1. The van der Waals surface area contributed by atoms with Crippen molar-refractivity contribution in [1.29, 1.82) is 5.26 Å². The van der Waals surface area contributed by atoms with Gasteiger partial charge in [-0.3, -0.25) is 0 Å². The van der Waals surface area contributed by atoms with Gasteiger partial charge in [0.1, 0.15) is 6.21 Å². The lowest BCUT2D eigenvalue weighted by Gasteiger charge is -2.30. The molecule has 0 aliphatic carbocycles. The molecule has 0 spiro atoms. The average Bonchev–Trinajstić information content (AvgIpc) is 3.10. The van der Waals surface area contributed by atoms with Crippen molar-refractivity contribution in [2.24, 2.45) is 0 Å². The molecule has 4 aromatic rings. The summed E-state index contributed by atoms with van der Waals surface area (Å²) >= 11 is 0. The van der Waals surface area contributed by atoms with Gasteiger partial charge in [-0.05, 0) is 58.4 Å². The van der Waals surface area contributed by atoms with E-state index in [0.717, 1.165) is 31.9 Å². The third kappa shape index (κ3) is 3.26. The monoisotopic (exact) mass is 455 g/mol. The molecule has 172 valence electrons. The predicted molar refractivity (Wildman–Crippen MR) is 136 cm³/mol.